The molecule has 59 heavy (non-hydrogen) atoms. The summed E-state index contributed by atoms with van der Waals surface area (Å²) < 4.78 is 12.0. The van der Waals surface area contributed by atoms with Crippen LogP contribution in [0.3, 0.4) is 0 Å². The third-order valence-electron chi connectivity index (χ3n) is 13.1. The summed E-state index contributed by atoms with van der Waals surface area (Å²) in [5.74, 6) is -2.44. The Morgan fingerprint density at radius 3 is 1.92 bits per heavy atom. The van der Waals surface area contributed by atoms with Crippen LogP contribution in [0.2, 0.25) is 0 Å². The van der Waals surface area contributed by atoms with Gasteiger partial charge in [-0.25, -0.2) is 4.79 Å². The zero-order valence-electron chi connectivity index (χ0n) is 39.4. The minimum absolute atomic E-state index is 0.0165. The lowest BCUT2D eigenvalue weighted by Gasteiger charge is -2.41. The highest BCUT2D eigenvalue weighted by molar-refractivity contribution is 5.98. The van der Waals surface area contributed by atoms with Gasteiger partial charge in [0, 0.05) is 65.1 Å². The number of ketones is 2. The molecule has 336 valence electrons. The molecule has 12 heteroatoms. The Balaban J connectivity index is 2.27. The van der Waals surface area contributed by atoms with Gasteiger partial charge in [0.15, 0.2) is 5.78 Å². The highest BCUT2D eigenvalue weighted by atomic mass is 16.5. The van der Waals surface area contributed by atoms with Crippen LogP contribution in [0, 0.1) is 35.5 Å². The first-order chi connectivity index (χ1) is 27.5. The summed E-state index contributed by atoms with van der Waals surface area (Å²) in [6.07, 6.45) is 0.251. The lowest BCUT2D eigenvalue weighted by Crippen LogP contribution is -2.56. The summed E-state index contributed by atoms with van der Waals surface area (Å²) >= 11 is 0. The molecular formula is C47H80N4O8. The number of amides is 4. The van der Waals surface area contributed by atoms with Crippen molar-refractivity contribution in [1.29, 1.82) is 0 Å². The molecular weight excluding hydrogens is 749 g/mol. The van der Waals surface area contributed by atoms with Crippen molar-refractivity contribution in [3.63, 3.8) is 0 Å². The van der Waals surface area contributed by atoms with Crippen molar-refractivity contribution in [2.75, 3.05) is 41.9 Å². The van der Waals surface area contributed by atoms with Crippen molar-refractivity contribution < 1.29 is 38.6 Å². The minimum atomic E-state index is -0.783. The van der Waals surface area contributed by atoms with Gasteiger partial charge in [-0.15, -0.1) is 0 Å². The fraction of sp³-hybridized carbons (Fsp3) is 0.766. The lowest BCUT2D eigenvalue weighted by atomic mass is 9.84. The number of carbonyl (C=O) groups excluding carboxylic acids is 5. The lowest BCUT2D eigenvalue weighted by molar-refractivity contribution is -0.143. The molecule has 1 fully saturated rings. The Bertz CT molecular complexity index is 1510. The standard InChI is InChI=1S/C47H80N4O8/c1-17-31(6)42(48(12)46(57)49(13)45(56)35(29(2)3)27-38(53)41(30(4)5)50(14)47(9,10)11)39(58-15)28-40(54)51-25-21-24-36(51)44(59-16)33(8)37(52)26-32(7)43(55)34-22-19-18-20-23-34/h18-20,22-23,29-33,35-36,39,41-44,55H,17,21,24-28H2,1-16H3/t31-,32-,33-,35-,36-,39+,41-,42-,43+,44+/m0/s1. The number of hydrogen-bond donors (Lipinski definition) is 1. The molecule has 1 aromatic carbocycles. The summed E-state index contributed by atoms with van der Waals surface area (Å²) in [6, 6.07) is 7.50. The number of Topliss-reactive ketones (excluding diaryl/α,β-unsaturated/α-hetero) is 2. The average molecular weight is 829 g/mol. The Hall–Kier alpha value is -3.19. The maximum atomic E-state index is 14.3. The monoisotopic (exact) mass is 829 g/mol. The molecule has 12 nitrogen and oxygen atoms in total. The Morgan fingerprint density at radius 2 is 1.42 bits per heavy atom. The van der Waals surface area contributed by atoms with E-state index in [0.29, 0.717) is 19.4 Å². The van der Waals surface area contributed by atoms with Gasteiger partial charge in [-0.05, 0) is 69.9 Å². The molecule has 1 aromatic rings. The topological polar surface area (TPSA) is 137 Å². The van der Waals surface area contributed by atoms with Crippen molar-refractivity contribution in [3.05, 3.63) is 35.9 Å². The third kappa shape index (κ3) is 13.4. The second-order valence-corrected chi connectivity index (χ2v) is 18.9. The Kier molecular flexibility index (Phi) is 20.4. The Morgan fingerprint density at radius 1 is 0.831 bits per heavy atom. The molecule has 0 saturated carbocycles. The number of likely N-dealkylation sites (N-methyl/N-ethyl adjacent to an activating group) is 2. The van der Waals surface area contributed by atoms with E-state index in [1.165, 1.54) is 19.1 Å². The highest BCUT2D eigenvalue weighted by Crippen LogP contribution is 2.33. The molecule has 1 heterocycles. The van der Waals surface area contributed by atoms with Crippen LogP contribution in [0.25, 0.3) is 0 Å². The van der Waals surface area contributed by atoms with Crippen LogP contribution in [0.1, 0.15) is 126 Å². The number of aliphatic hydroxyl groups is 1. The number of urea groups is 1. The molecule has 0 radical (unpaired) electrons. The normalized spacial score (nSPS) is 19.5. The molecule has 10 atom stereocenters. The van der Waals surface area contributed by atoms with Gasteiger partial charge in [0.05, 0.1) is 42.9 Å². The zero-order valence-corrected chi connectivity index (χ0v) is 39.4. The average Bonchev–Trinajstić information content (AvgIpc) is 3.67. The van der Waals surface area contributed by atoms with E-state index >= 15 is 0 Å². The van der Waals surface area contributed by atoms with Gasteiger partial charge in [0.2, 0.25) is 11.8 Å². The van der Waals surface area contributed by atoms with E-state index in [4.69, 9.17) is 9.47 Å². The molecule has 0 bridgehead atoms. The predicted molar refractivity (Wildman–Crippen MR) is 234 cm³/mol. The number of ether oxygens (including phenoxy) is 2. The molecule has 1 aliphatic heterocycles. The summed E-state index contributed by atoms with van der Waals surface area (Å²) in [7, 11) is 8.15. The first kappa shape index (κ1) is 51.9. The first-order valence-electron chi connectivity index (χ1n) is 21.9. The molecule has 0 aromatic heterocycles. The SMILES string of the molecule is CC[C@H](C)[C@@H]([C@@H](CC(=O)N1CCC[C@H]1[C@H](OC)[C@@H](C)C(=O)C[C@H](C)[C@@H](O)c1ccccc1)OC)N(C)C(=O)N(C)C(=O)[C@@H](CC(=O)[C@H](C(C)C)N(C)C(C)(C)C)C(C)C. The number of likely N-dealkylation sites (tertiary alicyclic amines) is 1. The number of hydrogen-bond acceptors (Lipinski definition) is 9. The fourth-order valence-electron chi connectivity index (χ4n) is 8.89. The van der Waals surface area contributed by atoms with Gasteiger partial charge < -0.3 is 24.4 Å². The van der Waals surface area contributed by atoms with Gasteiger partial charge in [-0.2, -0.15) is 0 Å². The third-order valence-corrected chi connectivity index (χ3v) is 13.1. The van der Waals surface area contributed by atoms with E-state index < -0.39 is 48.1 Å². The number of imide groups is 1. The summed E-state index contributed by atoms with van der Waals surface area (Å²) in [6.45, 7) is 22.2. The number of nitrogens with zero attached hydrogens (tertiary/aromatic N) is 4. The van der Waals surface area contributed by atoms with Crippen LogP contribution in [0.4, 0.5) is 4.79 Å². The molecule has 0 unspecified atom stereocenters. The van der Waals surface area contributed by atoms with Crippen LogP contribution in [-0.2, 0) is 28.7 Å². The maximum absolute atomic E-state index is 14.3. The predicted octanol–water partition coefficient (Wildman–Crippen LogP) is 7.27. The molecule has 1 aliphatic rings. The van der Waals surface area contributed by atoms with Crippen LogP contribution < -0.4 is 0 Å². The van der Waals surface area contributed by atoms with Crippen molar-refractivity contribution in [3.8, 4) is 0 Å². The number of carbonyl (C=O) groups is 5. The molecule has 4 amide bonds. The summed E-state index contributed by atoms with van der Waals surface area (Å²) in [5, 5.41) is 10.9. The quantitative estimate of drug-likeness (QED) is 0.128. The molecule has 0 aliphatic carbocycles. The van der Waals surface area contributed by atoms with Crippen LogP contribution >= 0.6 is 0 Å². The van der Waals surface area contributed by atoms with Crippen LogP contribution in [-0.4, -0.2) is 132 Å². The summed E-state index contributed by atoms with van der Waals surface area (Å²) in [4.78, 5) is 76.7. The Labute approximate surface area is 356 Å². The van der Waals surface area contributed by atoms with E-state index in [0.717, 1.165) is 16.9 Å². The molecule has 2 rings (SSSR count). The second-order valence-electron chi connectivity index (χ2n) is 18.9. The van der Waals surface area contributed by atoms with Gasteiger partial charge in [-0.3, -0.25) is 29.0 Å². The van der Waals surface area contributed by atoms with Crippen molar-refractivity contribution in [1.82, 2.24) is 19.6 Å². The summed E-state index contributed by atoms with van der Waals surface area (Å²) in [5.41, 5.74) is 0.504. The number of methoxy groups -OCH3 is 2. The van der Waals surface area contributed by atoms with E-state index in [2.05, 4.69) is 25.7 Å². The van der Waals surface area contributed by atoms with E-state index in [1.54, 1.807) is 19.1 Å². The van der Waals surface area contributed by atoms with Crippen molar-refractivity contribution in [2.45, 2.75) is 157 Å². The van der Waals surface area contributed by atoms with Crippen LogP contribution in [0.5, 0.6) is 0 Å². The van der Waals surface area contributed by atoms with Gasteiger partial charge >= 0.3 is 6.03 Å². The first-order valence-corrected chi connectivity index (χ1v) is 21.9. The van der Waals surface area contributed by atoms with E-state index in [9.17, 15) is 29.1 Å². The minimum Gasteiger partial charge on any atom is -0.388 e. The zero-order chi connectivity index (χ0) is 45.1. The number of aliphatic hydroxyl groups excluding tert-OH is 1. The van der Waals surface area contributed by atoms with Crippen molar-refractivity contribution in [2.24, 2.45) is 35.5 Å². The van der Waals surface area contributed by atoms with Gasteiger partial charge in [0.25, 0.3) is 0 Å². The molecule has 1 N–H and O–H groups in total. The highest BCUT2D eigenvalue weighted by Gasteiger charge is 2.44. The van der Waals surface area contributed by atoms with E-state index in [-0.39, 0.29) is 78.0 Å². The largest absolute Gasteiger partial charge is 0.388 e. The second kappa shape index (κ2) is 23.1. The molecule has 1 saturated heterocycles. The van der Waals surface area contributed by atoms with E-state index in [1.807, 2.05) is 92.8 Å². The van der Waals surface area contributed by atoms with Crippen LogP contribution in [0.15, 0.2) is 30.3 Å². The number of benzene rings is 1. The van der Waals surface area contributed by atoms with Gasteiger partial charge in [-0.1, -0.05) is 92.1 Å². The van der Waals surface area contributed by atoms with Crippen molar-refractivity contribution >= 4 is 29.4 Å². The fourth-order valence-corrected chi connectivity index (χ4v) is 8.89. The maximum Gasteiger partial charge on any atom is 0.326 e. The number of rotatable bonds is 22. The molecule has 0 spiro atoms. The smallest absolute Gasteiger partial charge is 0.326 e. The van der Waals surface area contributed by atoms with Gasteiger partial charge in [0.1, 0.15) is 5.78 Å².